The van der Waals surface area contributed by atoms with Gasteiger partial charge in [-0.1, -0.05) is 19.9 Å². The molecule has 0 aliphatic carbocycles. The average Bonchev–Trinajstić information content (AvgIpc) is 3.29. The van der Waals surface area contributed by atoms with Crippen molar-refractivity contribution in [3.05, 3.63) is 46.3 Å². The van der Waals surface area contributed by atoms with Crippen LogP contribution < -0.4 is 10.1 Å². The molecule has 31 heavy (non-hydrogen) atoms. The average molecular weight is 465 g/mol. The highest BCUT2D eigenvalue weighted by molar-refractivity contribution is 7.91. The van der Waals surface area contributed by atoms with E-state index in [-0.39, 0.29) is 24.4 Å². The van der Waals surface area contributed by atoms with E-state index >= 15 is 0 Å². The summed E-state index contributed by atoms with van der Waals surface area (Å²) in [6, 6.07) is 7.29. The van der Waals surface area contributed by atoms with Crippen molar-refractivity contribution in [3.8, 4) is 5.75 Å². The van der Waals surface area contributed by atoms with Gasteiger partial charge in [-0.15, -0.1) is 11.3 Å². The smallest absolute Gasteiger partial charge is 0.252 e. The third-order valence-electron chi connectivity index (χ3n) is 5.91. The van der Waals surface area contributed by atoms with E-state index in [2.05, 4.69) is 25.2 Å². The van der Waals surface area contributed by atoms with E-state index in [0.29, 0.717) is 29.5 Å². The van der Waals surface area contributed by atoms with Crippen LogP contribution in [0.3, 0.4) is 0 Å². The normalized spacial score (nSPS) is 18.7. The molecule has 0 spiro atoms. The first-order valence-corrected chi connectivity index (χ1v) is 13.0. The van der Waals surface area contributed by atoms with Crippen LogP contribution in [0.5, 0.6) is 5.75 Å². The zero-order chi connectivity index (χ0) is 22.8. The molecule has 2 aromatic rings. The molecule has 0 saturated carbocycles. The van der Waals surface area contributed by atoms with Gasteiger partial charge in [-0.05, 0) is 72.9 Å². The fourth-order valence-electron chi connectivity index (χ4n) is 4.13. The number of aryl methyl sites for hydroxylation is 1. The van der Waals surface area contributed by atoms with Gasteiger partial charge in [0, 0.05) is 13.1 Å². The standard InChI is InChI=1S/C23H32N2O4S2/c1-15(2)19-13-20(16(3)12-21(19)29-5)17(4)24-23(26)18-8-6-10-25(14-18)31(27,28)22-9-7-11-30-22/h7,9,11-13,15,17-18H,6,8,10,14H2,1-5H3,(H,24,26). The molecule has 0 radical (unpaired) electrons. The predicted octanol–water partition coefficient (Wildman–Crippen LogP) is 4.47. The zero-order valence-corrected chi connectivity index (χ0v) is 20.5. The van der Waals surface area contributed by atoms with Gasteiger partial charge in [0.05, 0.1) is 19.1 Å². The largest absolute Gasteiger partial charge is 0.496 e. The summed E-state index contributed by atoms with van der Waals surface area (Å²) < 4.78 is 33.0. The fourth-order valence-corrected chi connectivity index (χ4v) is 6.80. The lowest BCUT2D eigenvalue weighted by molar-refractivity contribution is -0.126. The molecule has 2 heterocycles. The second kappa shape index (κ2) is 9.71. The number of nitrogens with one attached hydrogen (secondary N) is 1. The second-order valence-corrected chi connectivity index (χ2v) is 11.6. The Balaban J connectivity index is 1.73. The van der Waals surface area contributed by atoms with Gasteiger partial charge in [-0.2, -0.15) is 4.31 Å². The van der Waals surface area contributed by atoms with Crippen molar-refractivity contribution in [1.82, 2.24) is 9.62 Å². The number of methoxy groups -OCH3 is 1. The number of benzene rings is 1. The number of piperidine rings is 1. The minimum absolute atomic E-state index is 0.0973. The summed E-state index contributed by atoms with van der Waals surface area (Å²) in [6.07, 6.45) is 1.37. The molecule has 1 aliphatic heterocycles. The molecule has 2 atom stereocenters. The van der Waals surface area contributed by atoms with E-state index in [4.69, 9.17) is 4.74 Å². The first kappa shape index (κ1) is 23.8. The molecule has 1 aromatic carbocycles. The molecule has 0 bridgehead atoms. The Hall–Kier alpha value is -1.90. The molecule has 1 aliphatic rings. The maximum Gasteiger partial charge on any atom is 0.252 e. The summed E-state index contributed by atoms with van der Waals surface area (Å²) in [5, 5.41) is 4.87. The van der Waals surface area contributed by atoms with Crippen LogP contribution in [-0.2, 0) is 14.8 Å². The van der Waals surface area contributed by atoms with Crippen LogP contribution in [0.2, 0.25) is 0 Å². The predicted molar refractivity (Wildman–Crippen MR) is 124 cm³/mol. The number of thiophene rings is 1. The summed E-state index contributed by atoms with van der Waals surface area (Å²) in [5.74, 6) is 0.706. The minimum Gasteiger partial charge on any atom is -0.496 e. The molecule has 6 nitrogen and oxygen atoms in total. The SMILES string of the molecule is COc1cc(C)c(C(C)NC(=O)C2CCCN(S(=O)(=O)c3cccs3)C2)cc1C(C)C. The van der Waals surface area contributed by atoms with Crippen molar-refractivity contribution < 1.29 is 17.9 Å². The molecule has 2 unspecified atom stereocenters. The van der Waals surface area contributed by atoms with Gasteiger partial charge in [0.25, 0.3) is 10.0 Å². The highest BCUT2D eigenvalue weighted by Gasteiger charge is 2.34. The van der Waals surface area contributed by atoms with Crippen molar-refractivity contribution in [3.63, 3.8) is 0 Å². The highest BCUT2D eigenvalue weighted by Crippen LogP contribution is 2.32. The summed E-state index contributed by atoms with van der Waals surface area (Å²) in [6.45, 7) is 8.89. The topological polar surface area (TPSA) is 75.7 Å². The van der Waals surface area contributed by atoms with Gasteiger partial charge in [0.1, 0.15) is 9.96 Å². The molecule has 1 amide bonds. The van der Waals surface area contributed by atoms with Gasteiger partial charge in [-0.25, -0.2) is 8.42 Å². The quantitative estimate of drug-likeness (QED) is 0.656. The van der Waals surface area contributed by atoms with Gasteiger partial charge in [-0.3, -0.25) is 4.79 Å². The summed E-state index contributed by atoms with van der Waals surface area (Å²) in [4.78, 5) is 13.0. The van der Waals surface area contributed by atoms with Crippen LogP contribution in [0, 0.1) is 12.8 Å². The second-order valence-electron chi connectivity index (χ2n) is 8.47. The molecule has 1 aromatic heterocycles. The summed E-state index contributed by atoms with van der Waals surface area (Å²) in [5.41, 5.74) is 3.21. The van der Waals surface area contributed by atoms with Crippen LogP contribution in [0.15, 0.2) is 33.9 Å². The molecule has 1 saturated heterocycles. The van der Waals surface area contributed by atoms with E-state index in [9.17, 15) is 13.2 Å². The van der Waals surface area contributed by atoms with Crippen LogP contribution in [0.4, 0.5) is 0 Å². The van der Waals surface area contributed by atoms with Gasteiger partial charge < -0.3 is 10.1 Å². The Labute approximate surface area is 189 Å². The van der Waals surface area contributed by atoms with Crippen LogP contribution >= 0.6 is 11.3 Å². The van der Waals surface area contributed by atoms with E-state index in [1.165, 1.54) is 15.6 Å². The number of carbonyl (C=O) groups excluding carboxylic acids is 1. The number of sulfonamides is 1. The summed E-state index contributed by atoms with van der Waals surface area (Å²) in [7, 11) is -1.87. The molecular formula is C23H32N2O4S2. The third-order valence-corrected chi connectivity index (χ3v) is 9.15. The highest BCUT2D eigenvalue weighted by atomic mass is 32.2. The molecule has 170 valence electrons. The lowest BCUT2D eigenvalue weighted by Gasteiger charge is -2.31. The van der Waals surface area contributed by atoms with Gasteiger partial charge in [0.15, 0.2) is 0 Å². The van der Waals surface area contributed by atoms with E-state index in [0.717, 1.165) is 22.4 Å². The van der Waals surface area contributed by atoms with Crippen LogP contribution in [0.1, 0.15) is 62.3 Å². The number of carbonyl (C=O) groups is 1. The first-order chi connectivity index (χ1) is 14.6. The number of rotatable bonds is 7. The van der Waals surface area contributed by atoms with E-state index in [1.807, 2.05) is 19.9 Å². The number of amides is 1. The number of nitrogens with zero attached hydrogens (tertiary/aromatic N) is 1. The fraction of sp³-hybridized carbons (Fsp3) is 0.522. The Morgan fingerprint density at radius 2 is 2.00 bits per heavy atom. The molecule has 8 heteroatoms. The maximum absolute atomic E-state index is 13.0. The monoisotopic (exact) mass is 464 g/mol. The van der Waals surface area contributed by atoms with Crippen molar-refractivity contribution >= 4 is 27.3 Å². The van der Waals surface area contributed by atoms with Crippen molar-refractivity contribution in [2.24, 2.45) is 5.92 Å². The minimum atomic E-state index is -3.54. The maximum atomic E-state index is 13.0. The summed E-state index contributed by atoms with van der Waals surface area (Å²) >= 11 is 1.21. The number of hydrogen-bond donors (Lipinski definition) is 1. The first-order valence-electron chi connectivity index (χ1n) is 10.7. The van der Waals surface area contributed by atoms with Crippen molar-refractivity contribution in [2.75, 3.05) is 20.2 Å². The zero-order valence-electron chi connectivity index (χ0n) is 18.8. The Morgan fingerprint density at radius 3 is 2.61 bits per heavy atom. The van der Waals surface area contributed by atoms with Gasteiger partial charge >= 0.3 is 0 Å². The Bertz CT molecular complexity index is 1020. The van der Waals surface area contributed by atoms with Crippen molar-refractivity contribution in [1.29, 1.82) is 0 Å². The van der Waals surface area contributed by atoms with Crippen LogP contribution in [0.25, 0.3) is 0 Å². The van der Waals surface area contributed by atoms with Crippen molar-refractivity contribution in [2.45, 2.75) is 56.7 Å². The van der Waals surface area contributed by atoms with E-state index in [1.54, 1.807) is 24.6 Å². The Kier molecular flexibility index (Phi) is 7.44. The lowest BCUT2D eigenvalue weighted by Crippen LogP contribution is -2.45. The molecule has 3 rings (SSSR count). The molecule has 1 N–H and O–H groups in total. The van der Waals surface area contributed by atoms with E-state index < -0.39 is 10.0 Å². The van der Waals surface area contributed by atoms with Gasteiger partial charge in [0.2, 0.25) is 5.91 Å². The Morgan fingerprint density at radius 1 is 1.26 bits per heavy atom. The lowest BCUT2D eigenvalue weighted by atomic mass is 9.92. The third kappa shape index (κ3) is 5.13. The number of hydrogen-bond acceptors (Lipinski definition) is 5. The number of ether oxygens (including phenoxy) is 1. The molecule has 1 fully saturated rings. The van der Waals surface area contributed by atoms with Crippen LogP contribution in [-0.4, -0.2) is 38.8 Å². The molecular weight excluding hydrogens is 432 g/mol.